The lowest BCUT2D eigenvalue weighted by Crippen LogP contribution is -2.48. The van der Waals surface area contributed by atoms with Gasteiger partial charge in [0.2, 0.25) is 5.91 Å². The van der Waals surface area contributed by atoms with Gasteiger partial charge in [0.15, 0.2) is 0 Å². The second-order valence-electron chi connectivity index (χ2n) is 8.37. The van der Waals surface area contributed by atoms with E-state index in [1.807, 2.05) is 60.4 Å². The number of aromatic hydroxyl groups is 1. The number of nitrogens with zero attached hydrogens (tertiary/aromatic N) is 2. The minimum atomic E-state index is -0.157. The third kappa shape index (κ3) is 5.33. The summed E-state index contributed by atoms with van der Waals surface area (Å²) in [5.41, 5.74) is 4.26. The van der Waals surface area contributed by atoms with E-state index in [1.165, 1.54) is 5.56 Å². The minimum Gasteiger partial charge on any atom is -0.508 e. The van der Waals surface area contributed by atoms with Crippen LogP contribution in [0.15, 0.2) is 78.9 Å². The quantitative estimate of drug-likeness (QED) is 0.643. The second kappa shape index (κ2) is 9.80. The Morgan fingerprint density at radius 1 is 0.903 bits per heavy atom. The molecule has 1 unspecified atom stereocenters. The molecule has 3 aromatic carbocycles. The fourth-order valence-corrected chi connectivity index (χ4v) is 4.35. The first-order valence-electron chi connectivity index (χ1n) is 11.0. The summed E-state index contributed by atoms with van der Waals surface area (Å²) in [4.78, 5) is 17.6. The van der Waals surface area contributed by atoms with Crippen LogP contribution >= 0.6 is 0 Å². The van der Waals surface area contributed by atoms with Crippen LogP contribution in [0.2, 0.25) is 0 Å². The van der Waals surface area contributed by atoms with E-state index < -0.39 is 0 Å². The molecule has 0 bridgehead atoms. The molecule has 0 spiro atoms. The van der Waals surface area contributed by atoms with E-state index in [0.717, 1.165) is 49.4 Å². The third-order valence-electron chi connectivity index (χ3n) is 6.11. The molecule has 1 aliphatic heterocycles. The number of carbonyl (C=O) groups excluding carboxylic acids is 1. The number of hydrogen-bond donors (Lipinski definition) is 1. The van der Waals surface area contributed by atoms with E-state index in [-0.39, 0.29) is 17.6 Å². The number of aryl methyl sites for hydroxylation is 1. The highest BCUT2D eigenvalue weighted by atomic mass is 16.3. The number of amides is 1. The predicted octanol–water partition coefficient (Wildman–Crippen LogP) is 4.57. The fourth-order valence-electron chi connectivity index (χ4n) is 4.35. The van der Waals surface area contributed by atoms with Gasteiger partial charge in [-0.2, -0.15) is 0 Å². The van der Waals surface area contributed by atoms with Gasteiger partial charge < -0.3 is 10.0 Å². The monoisotopic (exact) mass is 414 g/mol. The summed E-state index contributed by atoms with van der Waals surface area (Å²) >= 11 is 0. The van der Waals surface area contributed by atoms with Gasteiger partial charge in [0.25, 0.3) is 0 Å². The molecule has 0 saturated carbocycles. The Morgan fingerprint density at radius 2 is 1.55 bits per heavy atom. The van der Waals surface area contributed by atoms with Crippen LogP contribution in [0.25, 0.3) is 0 Å². The molecule has 4 rings (SSSR count). The van der Waals surface area contributed by atoms with Crippen molar-refractivity contribution in [1.29, 1.82) is 0 Å². The molecule has 1 saturated heterocycles. The van der Waals surface area contributed by atoms with Gasteiger partial charge in [-0.1, -0.05) is 78.4 Å². The number of phenols is 1. The predicted molar refractivity (Wildman–Crippen MR) is 124 cm³/mol. The summed E-state index contributed by atoms with van der Waals surface area (Å²) in [7, 11) is 0. The fraction of sp³-hybridized carbons (Fsp3) is 0.296. The number of benzene rings is 3. The Hall–Kier alpha value is -3.11. The lowest BCUT2D eigenvalue weighted by Gasteiger charge is -2.35. The molecule has 1 aliphatic rings. The van der Waals surface area contributed by atoms with Crippen molar-refractivity contribution in [3.05, 3.63) is 101 Å². The van der Waals surface area contributed by atoms with Gasteiger partial charge in [0, 0.05) is 50.6 Å². The van der Waals surface area contributed by atoms with Gasteiger partial charge >= 0.3 is 0 Å². The molecule has 160 valence electrons. The van der Waals surface area contributed by atoms with Crippen LogP contribution in [-0.2, 0) is 11.3 Å². The highest BCUT2D eigenvalue weighted by Crippen LogP contribution is 2.35. The minimum absolute atomic E-state index is 0.147. The van der Waals surface area contributed by atoms with Crippen LogP contribution in [0.5, 0.6) is 5.75 Å². The molecule has 0 radical (unpaired) electrons. The molecule has 4 nitrogen and oxygen atoms in total. The molecular formula is C27H30N2O2. The zero-order valence-corrected chi connectivity index (χ0v) is 18.1. The van der Waals surface area contributed by atoms with Crippen molar-refractivity contribution < 1.29 is 9.90 Å². The molecule has 4 heteroatoms. The van der Waals surface area contributed by atoms with Crippen molar-refractivity contribution >= 4 is 5.91 Å². The molecule has 1 N–H and O–H groups in total. The molecule has 1 amide bonds. The van der Waals surface area contributed by atoms with E-state index in [2.05, 4.69) is 29.2 Å². The van der Waals surface area contributed by atoms with Crippen molar-refractivity contribution in [2.45, 2.75) is 25.8 Å². The average Bonchev–Trinajstić information content (AvgIpc) is 2.81. The Labute approximate surface area is 184 Å². The van der Waals surface area contributed by atoms with E-state index in [0.29, 0.717) is 6.42 Å². The number of carbonyl (C=O) groups is 1. The molecule has 1 fully saturated rings. The van der Waals surface area contributed by atoms with E-state index >= 15 is 0 Å². The summed E-state index contributed by atoms with van der Waals surface area (Å²) < 4.78 is 0. The maximum absolute atomic E-state index is 13.2. The van der Waals surface area contributed by atoms with Crippen LogP contribution < -0.4 is 0 Å². The van der Waals surface area contributed by atoms with Gasteiger partial charge in [-0.15, -0.1) is 0 Å². The Morgan fingerprint density at radius 3 is 2.23 bits per heavy atom. The van der Waals surface area contributed by atoms with Gasteiger partial charge in [-0.3, -0.25) is 9.69 Å². The maximum Gasteiger partial charge on any atom is 0.223 e. The van der Waals surface area contributed by atoms with E-state index in [1.54, 1.807) is 6.07 Å². The first-order valence-corrected chi connectivity index (χ1v) is 11.0. The molecule has 1 heterocycles. The zero-order valence-electron chi connectivity index (χ0n) is 18.1. The standard InChI is InChI=1S/C27H30N2O2/c1-21-12-13-26(30)25(18-21)24(23-10-6-3-7-11-23)19-27(31)29-16-14-28(15-17-29)20-22-8-4-2-5-9-22/h2-13,18,24,30H,14-17,19-20H2,1H3. The molecule has 0 aliphatic carbocycles. The van der Waals surface area contributed by atoms with Gasteiger partial charge in [-0.05, 0) is 24.1 Å². The molecule has 3 aromatic rings. The molecule has 1 atom stereocenters. The van der Waals surface area contributed by atoms with Crippen LogP contribution in [0, 0.1) is 6.92 Å². The maximum atomic E-state index is 13.2. The summed E-state index contributed by atoms with van der Waals surface area (Å²) in [6.07, 6.45) is 0.361. The summed E-state index contributed by atoms with van der Waals surface area (Å²) in [6.45, 7) is 6.18. The van der Waals surface area contributed by atoms with Crippen LogP contribution in [0.1, 0.15) is 34.6 Å². The van der Waals surface area contributed by atoms with Gasteiger partial charge in [-0.25, -0.2) is 0 Å². The van der Waals surface area contributed by atoms with Crippen molar-refractivity contribution in [3.8, 4) is 5.75 Å². The van der Waals surface area contributed by atoms with Crippen molar-refractivity contribution in [2.24, 2.45) is 0 Å². The molecule has 31 heavy (non-hydrogen) atoms. The Balaban J connectivity index is 1.44. The number of piperazine rings is 1. The van der Waals surface area contributed by atoms with Crippen molar-refractivity contribution in [1.82, 2.24) is 9.80 Å². The summed E-state index contributed by atoms with van der Waals surface area (Å²) in [5.74, 6) is 0.241. The van der Waals surface area contributed by atoms with E-state index in [9.17, 15) is 9.90 Å². The third-order valence-corrected chi connectivity index (χ3v) is 6.11. The van der Waals surface area contributed by atoms with Crippen LogP contribution in [-0.4, -0.2) is 47.0 Å². The largest absolute Gasteiger partial charge is 0.508 e. The lowest BCUT2D eigenvalue weighted by atomic mass is 9.86. The summed E-state index contributed by atoms with van der Waals surface area (Å²) in [5, 5.41) is 10.5. The number of rotatable bonds is 6. The number of phenolic OH excluding ortho intramolecular Hbond substituents is 1. The van der Waals surface area contributed by atoms with Crippen LogP contribution in [0.3, 0.4) is 0 Å². The Kier molecular flexibility index (Phi) is 6.68. The summed E-state index contributed by atoms with van der Waals surface area (Å²) in [6, 6.07) is 26.1. The first kappa shape index (κ1) is 21.1. The zero-order chi connectivity index (χ0) is 21.6. The molecular weight excluding hydrogens is 384 g/mol. The van der Waals surface area contributed by atoms with Gasteiger partial charge in [0.05, 0.1) is 0 Å². The highest BCUT2D eigenvalue weighted by molar-refractivity contribution is 5.78. The van der Waals surface area contributed by atoms with Crippen LogP contribution in [0.4, 0.5) is 0 Å². The van der Waals surface area contributed by atoms with Gasteiger partial charge in [0.1, 0.15) is 5.75 Å². The number of hydrogen-bond acceptors (Lipinski definition) is 3. The van der Waals surface area contributed by atoms with Crippen molar-refractivity contribution in [3.63, 3.8) is 0 Å². The smallest absolute Gasteiger partial charge is 0.223 e. The highest BCUT2D eigenvalue weighted by Gasteiger charge is 2.26. The molecule has 0 aromatic heterocycles. The second-order valence-corrected chi connectivity index (χ2v) is 8.37. The SMILES string of the molecule is Cc1ccc(O)c(C(CC(=O)N2CCN(Cc3ccccc3)CC2)c2ccccc2)c1. The van der Waals surface area contributed by atoms with E-state index in [4.69, 9.17) is 0 Å². The average molecular weight is 415 g/mol. The van der Waals surface area contributed by atoms with Crippen molar-refractivity contribution in [2.75, 3.05) is 26.2 Å². The normalized spacial score (nSPS) is 15.6. The Bertz CT molecular complexity index is 996. The lowest BCUT2D eigenvalue weighted by molar-refractivity contribution is -0.133. The topological polar surface area (TPSA) is 43.8 Å². The first-order chi connectivity index (χ1) is 15.1.